The summed E-state index contributed by atoms with van der Waals surface area (Å²) in [6.45, 7) is 0.782. The summed E-state index contributed by atoms with van der Waals surface area (Å²) < 4.78 is 6.99. The number of hydrogen-bond acceptors (Lipinski definition) is 1. The molecule has 1 aliphatic heterocycles. The molecule has 0 aliphatic carbocycles. The first kappa shape index (κ1) is 10.7. The minimum absolute atomic E-state index is 0.194. The Hall–Kier alpha value is 0.200. The van der Waals surface area contributed by atoms with Gasteiger partial charge in [0.25, 0.3) is 0 Å². The van der Waals surface area contributed by atoms with Gasteiger partial charge in [0.05, 0.1) is 6.10 Å². The van der Waals surface area contributed by atoms with Gasteiger partial charge in [-0.2, -0.15) is 0 Å². The lowest BCUT2D eigenvalue weighted by Crippen LogP contribution is -2.20. The molecule has 2 atom stereocenters. The van der Waals surface area contributed by atoms with Crippen LogP contribution >= 0.6 is 34.2 Å². The second-order valence-electron chi connectivity index (χ2n) is 3.50. The van der Waals surface area contributed by atoms with Crippen LogP contribution in [0.25, 0.3) is 0 Å². The van der Waals surface area contributed by atoms with Crippen molar-refractivity contribution in [1.29, 1.82) is 0 Å². The third-order valence-electron chi connectivity index (χ3n) is 2.47. The molecule has 76 valence electrons. The van der Waals surface area contributed by atoms with Crippen LogP contribution in [0.5, 0.6) is 0 Å². The standard InChI is InChI=1S/C11H12ClIO/c12-8-5-6-14-11(7-8)9-3-1-2-4-10(9)13/h1-4,8,11H,5-7H2. The van der Waals surface area contributed by atoms with Gasteiger partial charge in [-0.25, -0.2) is 0 Å². The molecule has 2 rings (SSSR count). The van der Waals surface area contributed by atoms with Gasteiger partial charge in [0.1, 0.15) is 0 Å². The first-order valence-corrected chi connectivity index (χ1v) is 6.29. The van der Waals surface area contributed by atoms with E-state index in [0.717, 1.165) is 19.4 Å². The van der Waals surface area contributed by atoms with Crippen molar-refractivity contribution in [3.8, 4) is 0 Å². The quantitative estimate of drug-likeness (QED) is 0.565. The minimum Gasteiger partial charge on any atom is -0.373 e. The Kier molecular flexibility index (Phi) is 3.68. The van der Waals surface area contributed by atoms with E-state index in [1.54, 1.807) is 0 Å². The zero-order valence-electron chi connectivity index (χ0n) is 7.75. The summed E-state index contributed by atoms with van der Waals surface area (Å²) in [4.78, 5) is 0. The van der Waals surface area contributed by atoms with Crippen molar-refractivity contribution in [3.05, 3.63) is 33.4 Å². The molecular weight excluding hydrogens is 310 g/mol. The third-order valence-corrected chi connectivity index (χ3v) is 3.85. The van der Waals surface area contributed by atoms with Crippen molar-refractivity contribution in [2.45, 2.75) is 24.3 Å². The molecule has 0 N–H and O–H groups in total. The lowest BCUT2D eigenvalue weighted by Gasteiger charge is -2.27. The number of benzene rings is 1. The molecule has 14 heavy (non-hydrogen) atoms. The van der Waals surface area contributed by atoms with E-state index in [9.17, 15) is 0 Å². The van der Waals surface area contributed by atoms with Crippen LogP contribution in [0.15, 0.2) is 24.3 Å². The summed E-state index contributed by atoms with van der Waals surface area (Å²) in [5.41, 5.74) is 1.28. The van der Waals surface area contributed by atoms with Gasteiger partial charge in [0.15, 0.2) is 0 Å². The molecule has 1 heterocycles. The van der Waals surface area contributed by atoms with E-state index in [4.69, 9.17) is 16.3 Å². The topological polar surface area (TPSA) is 9.23 Å². The van der Waals surface area contributed by atoms with E-state index in [-0.39, 0.29) is 11.5 Å². The molecule has 0 radical (unpaired) electrons. The van der Waals surface area contributed by atoms with Crippen LogP contribution < -0.4 is 0 Å². The smallest absolute Gasteiger partial charge is 0.0849 e. The van der Waals surface area contributed by atoms with Crippen molar-refractivity contribution in [1.82, 2.24) is 0 Å². The Morgan fingerprint density at radius 2 is 2.14 bits per heavy atom. The molecule has 0 bridgehead atoms. The number of halogens is 2. The van der Waals surface area contributed by atoms with E-state index in [0.29, 0.717) is 0 Å². The normalized spacial score (nSPS) is 27.6. The lowest BCUT2D eigenvalue weighted by molar-refractivity contribution is 0.0164. The van der Waals surface area contributed by atoms with Gasteiger partial charge in [-0.05, 0) is 47.1 Å². The van der Waals surface area contributed by atoms with Gasteiger partial charge in [-0.1, -0.05) is 18.2 Å². The maximum Gasteiger partial charge on any atom is 0.0849 e. The number of hydrogen-bond donors (Lipinski definition) is 0. The van der Waals surface area contributed by atoms with Crippen molar-refractivity contribution < 1.29 is 4.74 Å². The van der Waals surface area contributed by atoms with Gasteiger partial charge < -0.3 is 4.74 Å². The minimum atomic E-state index is 0.194. The molecule has 1 aliphatic rings. The molecule has 3 heteroatoms. The van der Waals surface area contributed by atoms with Crippen LogP contribution in [0.2, 0.25) is 0 Å². The molecule has 2 unspecified atom stereocenters. The van der Waals surface area contributed by atoms with E-state index in [1.165, 1.54) is 9.13 Å². The SMILES string of the molecule is ClC1CCOC(c2ccccc2I)C1. The molecule has 0 aromatic heterocycles. The highest BCUT2D eigenvalue weighted by atomic mass is 127. The molecule has 1 aromatic carbocycles. The Morgan fingerprint density at radius 3 is 2.86 bits per heavy atom. The fourth-order valence-corrected chi connectivity index (χ4v) is 2.69. The van der Waals surface area contributed by atoms with Crippen molar-refractivity contribution in [3.63, 3.8) is 0 Å². The van der Waals surface area contributed by atoms with E-state index < -0.39 is 0 Å². The average Bonchev–Trinajstić information content (AvgIpc) is 2.18. The summed E-state index contributed by atoms with van der Waals surface area (Å²) in [7, 11) is 0. The van der Waals surface area contributed by atoms with Gasteiger partial charge in [0, 0.05) is 15.6 Å². The number of alkyl halides is 1. The molecule has 1 saturated heterocycles. The Bertz CT molecular complexity index is 316. The summed E-state index contributed by atoms with van der Waals surface area (Å²) >= 11 is 8.48. The van der Waals surface area contributed by atoms with Gasteiger partial charge in [-0.3, -0.25) is 0 Å². The Morgan fingerprint density at radius 1 is 1.36 bits per heavy atom. The highest BCUT2D eigenvalue weighted by Crippen LogP contribution is 2.32. The molecular formula is C11H12ClIO. The van der Waals surface area contributed by atoms with Gasteiger partial charge in [0.2, 0.25) is 0 Å². The van der Waals surface area contributed by atoms with E-state index in [1.807, 2.05) is 6.07 Å². The molecule has 1 aromatic rings. The van der Waals surface area contributed by atoms with Crippen molar-refractivity contribution >= 4 is 34.2 Å². The maximum atomic E-state index is 6.13. The maximum absolute atomic E-state index is 6.13. The Labute approximate surface area is 103 Å². The second-order valence-corrected chi connectivity index (χ2v) is 5.28. The van der Waals surface area contributed by atoms with E-state index in [2.05, 4.69) is 40.8 Å². The van der Waals surface area contributed by atoms with Crippen LogP contribution in [-0.2, 0) is 4.74 Å². The first-order chi connectivity index (χ1) is 6.77. The van der Waals surface area contributed by atoms with Gasteiger partial charge in [-0.15, -0.1) is 11.6 Å². The van der Waals surface area contributed by atoms with E-state index >= 15 is 0 Å². The summed E-state index contributed by atoms with van der Waals surface area (Å²) in [5.74, 6) is 0. The van der Waals surface area contributed by atoms with Crippen LogP contribution in [0.1, 0.15) is 24.5 Å². The lowest BCUT2D eigenvalue weighted by atomic mass is 10.0. The molecule has 1 nitrogen and oxygen atoms in total. The molecule has 0 amide bonds. The second kappa shape index (κ2) is 4.81. The fraction of sp³-hybridized carbons (Fsp3) is 0.455. The summed E-state index contributed by atoms with van der Waals surface area (Å²) in [6, 6.07) is 8.34. The van der Waals surface area contributed by atoms with Crippen molar-refractivity contribution in [2.75, 3.05) is 6.61 Å². The van der Waals surface area contributed by atoms with Gasteiger partial charge >= 0.3 is 0 Å². The zero-order chi connectivity index (χ0) is 9.97. The monoisotopic (exact) mass is 322 g/mol. The first-order valence-electron chi connectivity index (χ1n) is 4.77. The Balaban J connectivity index is 2.18. The van der Waals surface area contributed by atoms with Crippen LogP contribution in [-0.4, -0.2) is 12.0 Å². The predicted molar refractivity (Wildman–Crippen MR) is 66.7 cm³/mol. The van der Waals surface area contributed by atoms with Crippen LogP contribution in [0, 0.1) is 3.57 Å². The fourth-order valence-electron chi connectivity index (χ4n) is 1.71. The predicted octanol–water partition coefficient (Wildman–Crippen LogP) is 3.75. The molecule has 1 fully saturated rings. The van der Waals surface area contributed by atoms with Crippen molar-refractivity contribution in [2.24, 2.45) is 0 Å². The number of rotatable bonds is 1. The van der Waals surface area contributed by atoms with Crippen LogP contribution in [0.4, 0.5) is 0 Å². The summed E-state index contributed by atoms with van der Waals surface area (Å²) in [5, 5.41) is 0.268. The number of ether oxygens (including phenoxy) is 1. The zero-order valence-corrected chi connectivity index (χ0v) is 10.7. The van der Waals surface area contributed by atoms with Crippen LogP contribution in [0.3, 0.4) is 0 Å². The highest BCUT2D eigenvalue weighted by molar-refractivity contribution is 14.1. The highest BCUT2D eigenvalue weighted by Gasteiger charge is 2.23. The summed E-state index contributed by atoms with van der Waals surface area (Å²) in [6.07, 6.45) is 2.10. The average molecular weight is 323 g/mol. The largest absolute Gasteiger partial charge is 0.373 e. The molecule has 0 saturated carbocycles. The third kappa shape index (κ3) is 2.41. The molecule has 0 spiro atoms.